The fraction of sp³-hybridized carbons (Fsp3) is 0.111. The first-order valence-electron chi connectivity index (χ1n) is 4.26. The number of nitrogens with zero attached hydrogens (tertiary/aromatic N) is 3. The number of rotatable bonds is 2. The van der Waals surface area contributed by atoms with E-state index in [1.165, 1.54) is 16.8 Å². The number of aromatic nitrogens is 3. The molecule has 0 spiro atoms. The Morgan fingerprint density at radius 1 is 1.50 bits per heavy atom. The third-order valence-corrected chi connectivity index (χ3v) is 2.64. The maximum Gasteiger partial charge on any atom is 0.321 e. The van der Waals surface area contributed by atoms with Crippen LogP contribution in [-0.4, -0.2) is 14.8 Å². The van der Waals surface area contributed by atoms with Gasteiger partial charge in [0.2, 0.25) is 3.83 Å². The van der Waals surface area contributed by atoms with Crippen LogP contribution in [0.5, 0.6) is 11.8 Å². The summed E-state index contributed by atoms with van der Waals surface area (Å²) in [6.07, 6.45) is 0. The molecule has 0 aliphatic heterocycles. The molecule has 2 rings (SSSR count). The van der Waals surface area contributed by atoms with E-state index in [0.29, 0.717) is 3.83 Å². The average molecular weight is 354 g/mol. The molecule has 0 saturated carbocycles. The van der Waals surface area contributed by atoms with Gasteiger partial charge >= 0.3 is 6.01 Å². The lowest BCUT2D eigenvalue weighted by Gasteiger charge is -2.05. The predicted octanol–water partition coefficient (Wildman–Crippen LogP) is 3.00. The fourth-order valence-electron chi connectivity index (χ4n) is 1.09. The molecule has 0 aliphatic carbocycles. The minimum Gasteiger partial charge on any atom is -0.423 e. The quantitative estimate of drug-likeness (QED) is 0.779. The van der Waals surface area contributed by atoms with Gasteiger partial charge in [0, 0.05) is 29.6 Å². The van der Waals surface area contributed by atoms with Gasteiger partial charge in [-0.15, -0.1) is 5.10 Å². The van der Waals surface area contributed by atoms with Crippen molar-refractivity contribution in [3.8, 4) is 11.8 Å². The number of hydrogen-bond acceptors (Lipinski definition) is 3. The standard InChI is InChI=1S/C9H6ClFIN3O/c1-15-9(13-8(12)14-15)16-6-4-2-3-5(11)7(6)10/h2-4H,1H3. The molecule has 0 radical (unpaired) electrons. The largest absolute Gasteiger partial charge is 0.423 e. The second kappa shape index (κ2) is 4.54. The Morgan fingerprint density at radius 2 is 2.25 bits per heavy atom. The van der Waals surface area contributed by atoms with Gasteiger partial charge in [-0.3, -0.25) is 0 Å². The first kappa shape index (κ1) is 11.6. The number of benzene rings is 1. The second-order valence-electron chi connectivity index (χ2n) is 2.94. The van der Waals surface area contributed by atoms with Crippen LogP contribution in [-0.2, 0) is 7.05 Å². The monoisotopic (exact) mass is 353 g/mol. The molecule has 7 heteroatoms. The van der Waals surface area contributed by atoms with E-state index in [4.69, 9.17) is 16.3 Å². The third kappa shape index (κ3) is 2.27. The molecule has 16 heavy (non-hydrogen) atoms. The van der Waals surface area contributed by atoms with E-state index in [0.717, 1.165) is 0 Å². The molecule has 0 aliphatic rings. The van der Waals surface area contributed by atoms with Crippen molar-refractivity contribution in [3.05, 3.63) is 32.9 Å². The summed E-state index contributed by atoms with van der Waals surface area (Å²) in [5.41, 5.74) is 0. The van der Waals surface area contributed by atoms with E-state index in [9.17, 15) is 4.39 Å². The van der Waals surface area contributed by atoms with Crippen LogP contribution in [0.4, 0.5) is 4.39 Å². The van der Waals surface area contributed by atoms with Gasteiger partial charge in [0.1, 0.15) is 10.8 Å². The van der Waals surface area contributed by atoms with Crippen molar-refractivity contribution in [2.75, 3.05) is 0 Å². The average Bonchev–Trinajstić information content (AvgIpc) is 2.53. The highest BCUT2D eigenvalue weighted by atomic mass is 127. The smallest absolute Gasteiger partial charge is 0.321 e. The molecule has 1 aromatic carbocycles. The van der Waals surface area contributed by atoms with Gasteiger partial charge in [-0.05, 0) is 12.1 Å². The summed E-state index contributed by atoms with van der Waals surface area (Å²) in [6.45, 7) is 0. The van der Waals surface area contributed by atoms with Crippen LogP contribution in [0.25, 0.3) is 0 Å². The highest BCUT2D eigenvalue weighted by molar-refractivity contribution is 14.1. The molecule has 0 unspecified atom stereocenters. The summed E-state index contributed by atoms with van der Waals surface area (Å²) < 4.78 is 20.5. The van der Waals surface area contributed by atoms with Crippen molar-refractivity contribution < 1.29 is 9.13 Å². The van der Waals surface area contributed by atoms with Crippen molar-refractivity contribution in [1.29, 1.82) is 0 Å². The van der Waals surface area contributed by atoms with Gasteiger partial charge in [-0.1, -0.05) is 17.7 Å². The maximum atomic E-state index is 13.1. The highest BCUT2D eigenvalue weighted by Crippen LogP contribution is 2.30. The van der Waals surface area contributed by atoms with Crippen molar-refractivity contribution >= 4 is 34.2 Å². The molecule has 1 aromatic heterocycles. The molecule has 0 saturated heterocycles. The van der Waals surface area contributed by atoms with Crippen LogP contribution in [0.2, 0.25) is 5.02 Å². The van der Waals surface area contributed by atoms with Crippen LogP contribution in [0.3, 0.4) is 0 Å². The molecular weight excluding hydrogens is 347 g/mol. The third-order valence-electron chi connectivity index (χ3n) is 1.81. The highest BCUT2D eigenvalue weighted by Gasteiger charge is 2.12. The lowest BCUT2D eigenvalue weighted by Crippen LogP contribution is -1.96. The molecule has 2 aromatic rings. The van der Waals surface area contributed by atoms with Gasteiger partial charge in [0.15, 0.2) is 5.75 Å². The summed E-state index contributed by atoms with van der Waals surface area (Å²) in [6, 6.07) is 4.59. The van der Waals surface area contributed by atoms with E-state index in [-0.39, 0.29) is 16.8 Å². The van der Waals surface area contributed by atoms with Crippen molar-refractivity contribution in [3.63, 3.8) is 0 Å². The number of aryl methyl sites for hydroxylation is 1. The van der Waals surface area contributed by atoms with Crippen molar-refractivity contribution in [1.82, 2.24) is 14.8 Å². The summed E-state index contributed by atoms with van der Waals surface area (Å²) >= 11 is 7.70. The van der Waals surface area contributed by atoms with E-state index in [2.05, 4.69) is 10.1 Å². The number of halogens is 3. The summed E-state index contributed by atoms with van der Waals surface area (Å²) in [7, 11) is 1.68. The topological polar surface area (TPSA) is 39.9 Å². The molecule has 0 fully saturated rings. The molecule has 1 heterocycles. The Hall–Kier alpha value is -0.890. The Kier molecular flexibility index (Phi) is 3.29. The van der Waals surface area contributed by atoms with Crippen LogP contribution < -0.4 is 4.74 Å². The van der Waals surface area contributed by atoms with E-state index >= 15 is 0 Å². The summed E-state index contributed by atoms with van der Waals surface area (Å²) in [4.78, 5) is 4.01. The molecule has 0 bridgehead atoms. The predicted molar refractivity (Wildman–Crippen MR) is 65.2 cm³/mol. The maximum absolute atomic E-state index is 13.1. The number of ether oxygens (including phenoxy) is 1. The minimum atomic E-state index is -0.531. The molecular formula is C9H6ClFIN3O. The van der Waals surface area contributed by atoms with Gasteiger partial charge in [-0.25, -0.2) is 9.07 Å². The lowest BCUT2D eigenvalue weighted by molar-refractivity contribution is 0.412. The van der Waals surface area contributed by atoms with Crippen molar-refractivity contribution in [2.24, 2.45) is 7.05 Å². The van der Waals surface area contributed by atoms with Gasteiger partial charge in [-0.2, -0.15) is 4.98 Å². The number of hydrogen-bond donors (Lipinski definition) is 0. The van der Waals surface area contributed by atoms with Crippen LogP contribution in [0.15, 0.2) is 18.2 Å². The summed E-state index contributed by atoms with van der Waals surface area (Å²) in [5, 5.41) is 3.92. The lowest BCUT2D eigenvalue weighted by atomic mass is 10.3. The summed E-state index contributed by atoms with van der Waals surface area (Å²) in [5.74, 6) is -0.315. The van der Waals surface area contributed by atoms with Gasteiger partial charge in [0.25, 0.3) is 0 Å². The van der Waals surface area contributed by atoms with Gasteiger partial charge in [0.05, 0.1) is 0 Å². The first-order valence-corrected chi connectivity index (χ1v) is 5.72. The van der Waals surface area contributed by atoms with Crippen molar-refractivity contribution in [2.45, 2.75) is 0 Å². The zero-order valence-electron chi connectivity index (χ0n) is 8.12. The molecule has 0 amide bonds. The fourth-order valence-corrected chi connectivity index (χ4v) is 1.78. The normalized spacial score (nSPS) is 10.5. The Bertz CT molecular complexity index is 531. The molecule has 0 N–H and O–H groups in total. The Balaban J connectivity index is 2.34. The SMILES string of the molecule is Cn1nc(I)nc1Oc1cccc(F)c1Cl. The zero-order chi connectivity index (χ0) is 11.7. The van der Waals surface area contributed by atoms with Crippen LogP contribution in [0.1, 0.15) is 0 Å². The zero-order valence-corrected chi connectivity index (χ0v) is 11.0. The first-order chi connectivity index (χ1) is 7.58. The Labute approximate surface area is 110 Å². The van der Waals surface area contributed by atoms with Crippen LogP contribution >= 0.6 is 34.2 Å². The minimum absolute atomic E-state index is 0.0690. The molecule has 0 atom stereocenters. The van der Waals surface area contributed by atoms with E-state index < -0.39 is 5.82 Å². The van der Waals surface area contributed by atoms with E-state index in [1.54, 1.807) is 13.1 Å². The second-order valence-corrected chi connectivity index (χ2v) is 4.28. The Morgan fingerprint density at radius 3 is 2.88 bits per heavy atom. The molecule has 84 valence electrons. The molecule has 4 nitrogen and oxygen atoms in total. The van der Waals surface area contributed by atoms with Crippen LogP contribution in [0, 0.1) is 9.65 Å². The van der Waals surface area contributed by atoms with E-state index in [1.807, 2.05) is 22.6 Å². The van der Waals surface area contributed by atoms with Gasteiger partial charge < -0.3 is 4.74 Å².